The molecular formula is C20H30FN3O3. The summed E-state index contributed by atoms with van der Waals surface area (Å²) < 4.78 is 12.8. The van der Waals surface area contributed by atoms with Crippen LogP contribution in [0.1, 0.15) is 39.7 Å². The molecule has 0 spiro atoms. The van der Waals surface area contributed by atoms with E-state index in [1.54, 1.807) is 12.1 Å². The molecule has 7 heteroatoms. The smallest absolute Gasteiger partial charge is 0.242 e. The van der Waals surface area contributed by atoms with E-state index in [2.05, 4.69) is 16.0 Å². The SMILES string of the molecule is CC(C)CC(=O)NC(C(=O)NCCNC(=O)Cc1ccc(F)cc1)C(C)C. The van der Waals surface area contributed by atoms with Gasteiger partial charge in [-0.25, -0.2) is 4.39 Å². The minimum atomic E-state index is -0.605. The van der Waals surface area contributed by atoms with Gasteiger partial charge in [-0.05, 0) is 29.5 Å². The Hall–Kier alpha value is -2.44. The summed E-state index contributed by atoms with van der Waals surface area (Å²) in [6.45, 7) is 8.15. The fourth-order valence-electron chi connectivity index (χ4n) is 2.49. The molecule has 1 aromatic carbocycles. The molecule has 3 amide bonds. The maximum absolute atomic E-state index is 12.8. The first kappa shape index (κ1) is 22.6. The molecule has 0 fully saturated rings. The summed E-state index contributed by atoms with van der Waals surface area (Å²) in [6.07, 6.45) is 0.518. The van der Waals surface area contributed by atoms with E-state index in [0.29, 0.717) is 12.0 Å². The highest BCUT2D eigenvalue weighted by atomic mass is 19.1. The van der Waals surface area contributed by atoms with Gasteiger partial charge in [-0.3, -0.25) is 14.4 Å². The zero-order valence-electron chi connectivity index (χ0n) is 16.5. The lowest BCUT2D eigenvalue weighted by Crippen LogP contribution is -2.51. The molecule has 0 aliphatic heterocycles. The molecule has 0 aromatic heterocycles. The van der Waals surface area contributed by atoms with E-state index in [-0.39, 0.29) is 54.9 Å². The average Bonchev–Trinajstić information content (AvgIpc) is 2.57. The first-order chi connectivity index (χ1) is 12.7. The van der Waals surface area contributed by atoms with Gasteiger partial charge in [0.2, 0.25) is 17.7 Å². The predicted molar refractivity (Wildman–Crippen MR) is 102 cm³/mol. The fourth-order valence-corrected chi connectivity index (χ4v) is 2.49. The van der Waals surface area contributed by atoms with E-state index < -0.39 is 6.04 Å². The van der Waals surface area contributed by atoms with Gasteiger partial charge in [0.25, 0.3) is 0 Å². The number of benzene rings is 1. The first-order valence-electron chi connectivity index (χ1n) is 9.27. The first-order valence-corrected chi connectivity index (χ1v) is 9.27. The van der Waals surface area contributed by atoms with Crippen molar-refractivity contribution in [1.29, 1.82) is 0 Å². The molecule has 27 heavy (non-hydrogen) atoms. The number of carbonyl (C=O) groups excluding carboxylic acids is 3. The predicted octanol–water partition coefficient (Wildman–Crippen LogP) is 1.79. The van der Waals surface area contributed by atoms with Crippen molar-refractivity contribution in [3.05, 3.63) is 35.6 Å². The zero-order chi connectivity index (χ0) is 20.4. The van der Waals surface area contributed by atoms with Crippen molar-refractivity contribution in [2.45, 2.75) is 46.6 Å². The second-order valence-electron chi connectivity index (χ2n) is 7.33. The Kier molecular flexibility index (Phi) is 9.47. The summed E-state index contributed by atoms with van der Waals surface area (Å²) in [5.41, 5.74) is 0.714. The monoisotopic (exact) mass is 379 g/mol. The normalized spacial score (nSPS) is 12.0. The third kappa shape index (κ3) is 9.17. The topological polar surface area (TPSA) is 87.3 Å². The minimum absolute atomic E-state index is 0.0471. The van der Waals surface area contributed by atoms with Gasteiger partial charge in [-0.2, -0.15) is 0 Å². The number of rotatable bonds is 10. The molecular weight excluding hydrogens is 349 g/mol. The van der Waals surface area contributed by atoms with Crippen molar-refractivity contribution in [1.82, 2.24) is 16.0 Å². The summed E-state index contributed by atoms with van der Waals surface area (Å²) in [7, 11) is 0. The molecule has 0 aliphatic rings. The third-order valence-electron chi connectivity index (χ3n) is 3.88. The van der Waals surface area contributed by atoms with E-state index in [9.17, 15) is 18.8 Å². The molecule has 0 heterocycles. The Morgan fingerprint density at radius 2 is 1.52 bits per heavy atom. The van der Waals surface area contributed by atoms with Crippen LogP contribution in [0.5, 0.6) is 0 Å². The van der Waals surface area contributed by atoms with Crippen molar-refractivity contribution < 1.29 is 18.8 Å². The second kappa shape index (κ2) is 11.3. The summed E-state index contributed by atoms with van der Waals surface area (Å²) in [4.78, 5) is 36.1. The number of hydrogen-bond acceptors (Lipinski definition) is 3. The molecule has 0 radical (unpaired) electrons. The number of nitrogens with one attached hydrogen (secondary N) is 3. The molecule has 3 N–H and O–H groups in total. The Morgan fingerprint density at radius 3 is 2.07 bits per heavy atom. The highest BCUT2D eigenvalue weighted by Crippen LogP contribution is 2.05. The van der Waals surface area contributed by atoms with Crippen molar-refractivity contribution in [2.75, 3.05) is 13.1 Å². The second-order valence-corrected chi connectivity index (χ2v) is 7.33. The Labute approximate surface area is 160 Å². The largest absolute Gasteiger partial charge is 0.354 e. The van der Waals surface area contributed by atoms with Crippen LogP contribution in [-0.2, 0) is 20.8 Å². The molecule has 6 nitrogen and oxygen atoms in total. The number of halogens is 1. The Balaban J connectivity index is 2.35. The van der Waals surface area contributed by atoms with E-state index in [0.717, 1.165) is 0 Å². The maximum Gasteiger partial charge on any atom is 0.242 e. The summed E-state index contributed by atoms with van der Waals surface area (Å²) >= 11 is 0. The van der Waals surface area contributed by atoms with Crippen LogP contribution in [0, 0.1) is 17.7 Å². The molecule has 1 atom stereocenters. The van der Waals surface area contributed by atoms with Gasteiger partial charge in [0.15, 0.2) is 0 Å². The Morgan fingerprint density at radius 1 is 0.926 bits per heavy atom. The van der Waals surface area contributed by atoms with Crippen molar-refractivity contribution in [3.63, 3.8) is 0 Å². The summed E-state index contributed by atoms with van der Waals surface area (Å²) in [5, 5.41) is 8.20. The lowest BCUT2D eigenvalue weighted by molar-refractivity contribution is -0.130. The van der Waals surface area contributed by atoms with E-state index >= 15 is 0 Å². The lowest BCUT2D eigenvalue weighted by atomic mass is 10.0. The van der Waals surface area contributed by atoms with E-state index in [1.807, 2.05) is 27.7 Å². The maximum atomic E-state index is 12.8. The van der Waals surface area contributed by atoms with E-state index in [4.69, 9.17) is 0 Å². The van der Waals surface area contributed by atoms with Crippen molar-refractivity contribution in [3.8, 4) is 0 Å². The summed E-state index contributed by atoms with van der Waals surface area (Å²) in [5.74, 6) is -0.795. The third-order valence-corrected chi connectivity index (χ3v) is 3.88. The van der Waals surface area contributed by atoms with Crippen molar-refractivity contribution >= 4 is 17.7 Å². The quantitative estimate of drug-likeness (QED) is 0.542. The molecule has 1 unspecified atom stereocenters. The van der Waals surface area contributed by atoms with Crippen LogP contribution in [0.3, 0.4) is 0 Å². The number of carbonyl (C=O) groups is 3. The average molecular weight is 379 g/mol. The molecule has 1 rings (SSSR count). The summed E-state index contributed by atoms with van der Waals surface area (Å²) in [6, 6.07) is 5.13. The van der Waals surface area contributed by atoms with Gasteiger partial charge in [0.05, 0.1) is 6.42 Å². The van der Waals surface area contributed by atoms with Gasteiger partial charge in [0, 0.05) is 19.5 Å². The lowest BCUT2D eigenvalue weighted by Gasteiger charge is -2.22. The van der Waals surface area contributed by atoms with Crippen LogP contribution in [0.15, 0.2) is 24.3 Å². The van der Waals surface area contributed by atoms with Crippen molar-refractivity contribution in [2.24, 2.45) is 11.8 Å². The van der Waals surface area contributed by atoms with Crippen LogP contribution in [0.2, 0.25) is 0 Å². The minimum Gasteiger partial charge on any atom is -0.354 e. The highest BCUT2D eigenvalue weighted by Gasteiger charge is 2.23. The standard InChI is InChI=1S/C20H30FN3O3/c1-13(2)11-18(26)24-19(14(3)4)20(27)23-10-9-22-17(25)12-15-5-7-16(21)8-6-15/h5-8,13-14,19H,9-12H2,1-4H3,(H,22,25)(H,23,27)(H,24,26). The Bertz CT molecular complexity index is 630. The number of amides is 3. The van der Waals surface area contributed by atoms with Crippen LogP contribution < -0.4 is 16.0 Å². The van der Waals surface area contributed by atoms with Crippen LogP contribution in [0.4, 0.5) is 4.39 Å². The van der Waals surface area contributed by atoms with Gasteiger partial charge in [-0.15, -0.1) is 0 Å². The van der Waals surface area contributed by atoms with Crippen LogP contribution in [-0.4, -0.2) is 36.9 Å². The van der Waals surface area contributed by atoms with Crippen LogP contribution in [0.25, 0.3) is 0 Å². The zero-order valence-corrected chi connectivity index (χ0v) is 16.5. The highest BCUT2D eigenvalue weighted by molar-refractivity contribution is 5.88. The molecule has 0 saturated heterocycles. The van der Waals surface area contributed by atoms with E-state index in [1.165, 1.54) is 12.1 Å². The molecule has 0 saturated carbocycles. The fraction of sp³-hybridized carbons (Fsp3) is 0.550. The molecule has 150 valence electrons. The van der Waals surface area contributed by atoms with Gasteiger partial charge < -0.3 is 16.0 Å². The van der Waals surface area contributed by atoms with Gasteiger partial charge in [0.1, 0.15) is 11.9 Å². The molecule has 1 aromatic rings. The molecule has 0 bridgehead atoms. The van der Waals surface area contributed by atoms with Gasteiger partial charge >= 0.3 is 0 Å². The number of hydrogen-bond donors (Lipinski definition) is 3. The molecule has 0 aliphatic carbocycles. The van der Waals surface area contributed by atoms with Gasteiger partial charge in [-0.1, -0.05) is 39.8 Å². The van der Waals surface area contributed by atoms with Crippen LogP contribution >= 0.6 is 0 Å².